The van der Waals surface area contributed by atoms with Gasteiger partial charge in [0.25, 0.3) is 0 Å². The molecule has 0 aliphatic carbocycles. The van der Waals surface area contributed by atoms with Crippen molar-refractivity contribution in [1.82, 2.24) is 4.90 Å². The zero-order valence-corrected chi connectivity index (χ0v) is 9.16. The second-order valence-electron chi connectivity index (χ2n) is 3.85. The number of hydrogen-bond acceptors (Lipinski definition) is 1. The van der Waals surface area contributed by atoms with Crippen LogP contribution in [0.25, 0.3) is 0 Å². The normalized spacial score (nSPS) is 11.2. The molecule has 0 atom stereocenters. The Labute approximate surface area is 91.7 Å². The van der Waals surface area contributed by atoms with Crippen LogP contribution in [0.4, 0.5) is 17.6 Å². The van der Waals surface area contributed by atoms with Gasteiger partial charge in [0, 0.05) is 11.6 Å². The molecular weight excluding hydrogens is 222 g/mol. The van der Waals surface area contributed by atoms with Gasteiger partial charge < -0.3 is 4.90 Å². The molecule has 0 heterocycles. The Bertz CT molecular complexity index is 350. The molecule has 0 saturated heterocycles. The molecule has 5 heteroatoms. The maximum atomic E-state index is 13.2. The van der Waals surface area contributed by atoms with E-state index in [1.165, 1.54) is 0 Å². The van der Waals surface area contributed by atoms with E-state index < -0.39 is 28.8 Å². The lowest BCUT2D eigenvalue weighted by Crippen LogP contribution is -2.14. The fourth-order valence-electron chi connectivity index (χ4n) is 1.41. The third-order valence-corrected chi connectivity index (χ3v) is 2.23. The van der Waals surface area contributed by atoms with Crippen LogP contribution >= 0.6 is 0 Å². The van der Waals surface area contributed by atoms with Gasteiger partial charge in [-0.05, 0) is 33.5 Å². The second kappa shape index (κ2) is 5.30. The van der Waals surface area contributed by atoms with Crippen LogP contribution in [0.1, 0.15) is 12.0 Å². The van der Waals surface area contributed by atoms with Crippen molar-refractivity contribution in [2.45, 2.75) is 12.8 Å². The largest absolute Gasteiger partial charge is 0.309 e. The summed E-state index contributed by atoms with van der Waals surface area (Å²) in [5, 5.41) is 0. The third-order valence-electron chi connectivity index (χ3n) is 2.23. The number of halogens is 4. The molecule has 0 spiro atoms. The summed E-state index contributed by atoms with van der Waals surface area (Å²) in [6, 6.07) is 0.222. The highest BCUT2D eigenvalue weighted by Crippen LogP contribution is 2.20. The summed E-state index contributed by atoms with van der Waals surface area (Å²) >= 11 is 0. The predicted octanol–water partition coefficient (Wildman–Crippen LogP) is 2.74. The minimum absolute atomic E-state index is 0.0233. The van der Waals surface area contributed by atoms with E-state index in [0.717, 1.165) is 0 Å². The molecule has 0 aliphatic heterocycles. The Morgan fingerprint density at radius 3 is 1.94 bits per heavy atom. The van der Waals surface area contributed by atoms with Gasteiger partial charge >= 0.3 is 0 Å². The Balaban J connectivity index is 2.86. The van der Waals surface area contributed by atoms with Gasteiger partial charge in [0.15, 0.2) is 23.3 Å². The number of rotatable bonds is 4. The maximum absolute atomic E-state index is 13.2. The quantitative estimate of drug-likeness (QED) is 0.573. The zero-order chi connectivity index (χ0) is 12.3. The fraction of sp³-hybridized carbons (Fsp3) is 0.455. The molecule has 1 nitrogen and oxygen atoms in total. The molecule has 0 N–H and O–H groups in total. The Morgan fingerprint density at radius 2 is 1.50 bits per heavy atom. The first-order valence-corrected chi connectivity index (χ1v) is 4.90. The highest BCUT2D eigenvalue weighted by molar-refractivity contribution is 5.22. The van der Waals surface area contributed by atoms with Crippen LogP contribution in [0.3, 0.4) is 0 Å². The standard InChI is InChI=1S/C11H13F4N/c1-16(2)5-3-4-7-10(14)8(12)6-9(13)11(7)15/h6H,3-5H2,1-2H3. The van der Waals surface area contributed by atoms with E-state index in [4.69, 9.17) is 0 Å². The van der Waals surface area contributed by atoms with Crippen LogP contribution in [0.5, 0.6) is 0 Å². The van der Waals surface area contributed by atoms with Crippen molar-refractivity contribution in [3.8, 4) is 0 Å². The average molecular weight is 235 g/mol. The van der Waals surface area contributed by atoms with E-state index >= 15 is 0 Å². The van der Waals surface area contributed by atoms with Crippen LogP contribution in [-0.2, 0) is 6.42 Å². The van der Waals surface area contributed by atoms with Gasteiger partial charge in [-0.1, -0.05) is 0 Å². The van der Waals surface area contributed by atoms with Crippen molar-refractivity contribution in [2.24, 2.45) is 0 Å². The lowest BCUT2D eigenvalue weighted by atomic mass is 10.1. The van der Waals surface area contributed by atoms with Crippen LogP contribution < -0.4 is 0 Å². The van der Waals surface area contributed by atoms with E-state index in [2.05, 4.69) is 0 Å². The van der Waals surface area contributed by atoms with Crippen molar-refractivity contribution in [2.75, 3.05) is 20.6 Å². The topological polar surface area (TPSA) is 3.24 Å². The fourth-order valence-corrected chi connectivity index (χ4v) is 1.41. The Morgan fingerprint density at radius 1 is 1.00 bits per heavy atom. The van der Waals surface area contributed by atoms with E-state index in [1.54, 1.807) is 14.1 Å². The Kier molecular flexibility index (Phi) is 4.29. The molecule has 0 amide bonds. The van der Waals surface area contributed by atoms with Crippen LogP contribution in [-0.4, -0.2) is 25.5 Å². The van der Waals surface area contributed by atoms with E-state index in [1.807, 2.05) is 4.90 Å². The monoisotopic (exact) mass is 235 g/mol. The number of nitrogens with zero attached hydrogens (tertiary/aromatic N) is 1. The summed E-state index contributed by atoms with van der Waals surface area (Å²) in [7, 11) is 3.61. The average Bonchev–Trinajstić information content (AvgIpc) is 2.20. The van der Waals surface area contributed by atoms with Crippen molar-refractivity contribution in [3.05, 3.63) is 34.9 Å². The molecule has 16 heavy (non-hydrogen) atoms. The molecule has 0 saturated carbocycles. The van der Waals surface area contributed by atoms with Gasteiger partial charge in [0.05, 0.1) is 0 Å². The van der Waals surface area contributed by atoms with Gasteiger partial charge in [-0.25, -0.2) is 17.6 Å². The molecule has 90 valence electrons. The SMILES string of the molecule is CN(C)CCCc1c(F)c(F)cc(F)c1F. The molecule has 0 unspecified atom stereocenters. The van der Waals surface area contributed by atoms with Gasteiger partial charge in [0.1, 0.15) is 0 Å². The lowest BCUT2D eigenvalue weighted by molar-refractivity contribution is 0.390. The molecule has 0 fully saturated rings. The zero-order valence-electron chi connectivity index (χ0n) is 9.16. The van der Waals surface area contributed by atoms with Gasteiger partial charge in [-0.2, -0.15) is 0 Å². The minimum Gasteiger partial charge on any atom is -0.309 e. The van der Waals surface area contributed by atoms with Crippen LogP contribution in [0.15, 0.2) is 6.07 Å². The molecule has 0 aliphatic rings. The Hall–Kier alpha value is -1.10. The number of hydrogen-bond donors (Lipinski definition) is 0. The van der Waals surface area contributed by atoms with Crippen molar-refractivity contribution >= 4 is 0 Å². The highest BCUT2D eigenvalue weighted by atomic mass is 19.2. The van der Waals surface area contributed by atoms with E-state index in [9.17, 15) is 17.6 Å². The molecule has 1 aromatic carbocycles. The lowest BCUT2D eigenvalue weighted by Gasteiger charge is -2.10. The number of benzene rings is 1. The summed E-state index contributed by atoms with van der Waals surface area (Å²) in [5.74, 6) is -5.28. The third kappa shape index (κ3) is 2.95. The maximum Gasteiger partial charge on any atom is 0.165 e. The molecular formula is C11H13F4N. The predicted molar refractivity (Wildman–Crippen MR) is 53.1 cm³/mol. The summed E-state index contributed by atoms with van der Waals surface area (Å²) in [4.78, 5) is 1.82. The molecule has 0 bridgehead atoms. The summed E-state index contributed by atoms with van der Waals surface area (Å²) < 4.78 is 52.0. The molecule has 1 rings (SSSR count). The van der Waals surface area contributed by atoms with Crippen molar-refractivity contribution < 1.29 is 17.6 Å². The van der Waals surface area contributed by atoms with E-state index in [-0.39, 0.29) is 12.5 Å². The summed E-state index contributed by atoms with van der Waals surface area (Å²) in [6.07, 6.45) is 0.411. The van der Waals surface area contributed by atoms with Crippen molar-refractivity contribution in [3.63, 3.8) is 0 Å². The first kappa shape index (κ1) is 13.0. The van der Waals surface area contributed by atoms with Gasteiger partial charge in [-0.3, -0.25) is 0 Å². The minimum atomic E-state index is -1.35. The highest BCUT2D eigenvalue weighted by Gasteiger charge is 2.18. The first-order valence-electron chi connectivity index (χ1n) is 4.90. The van der Waals surface area contributed by atoms with E-state index in [0.29, 0.717) is 13.0 Å². The summed E-state index contributed by atoms with van der Waals surface area (Å²) in [5.41, 5.74) is -0.514. The van der Waals surface area contributed by atoms with Crippen molar-refractivity contribution in [1.29, 1.82) is 0 Å². The first-order chi connectivity index (χ1) is 7.43. The summed E-state index contributed by atoms with van der Waals surface area (Å²) in [6.45, 7) is 0.594. The smallest absolute Gasteiger partial charge is 0.165 e. The molecule has 1 aromatic rings. The van der Waals surface area contributed by atoms with Gasteiger partial charge in [-0.15, -0.1) is 0 Å². The van der Waals surface area contributed by atoms with Gasteiger partial charge in [0.2, 0.25) is 0 Å². The van der Waals surface area contributed by atoms with Crippen LogP contribution in [0.2, 0.25) is 0 Å². The second-order valence-corrected chi connectivity index (χ2v) is 3.85. The molecule has 0 aromatic heterocycles. The molecule has 0 radical (unpaired) electrons. The van der Waals surface area contributed by atoms with Crippen LogP contribution in [0, 0.1) is 23.3 Å².